The molecule has 2 rings (SSSR count). The maximum atomic E-state index is 11.0. The zero-order valence-corrected chi connectivity index (χ0v) is 12.0. The standard InChI is InChI=1S/C13H15N3O3S/c1-9(11-5-3-4-6-12(11)16(18)19)14-13-15(2)7-10(8-17)20-13/h3-7,9,17H,8H2,1-2H3. The minimum absolute atomic E-state index is 0.0338. The third-order valence-corrected chi connectivity index (χ3v) is 3.98. The number of aryl methyl sites for hydroxylation is 1. The fourth-order valence-electron chi connectivity index (χ4n) is 1.92. The summed E-state index contributed by atoms with van der Waals surface area (Å²) < 4.78 is 1.81. The number of hydrogen-bond acceptors (Lipinski definition) is 5. The number of aliphatic hydroxyl groups is 1. The van der Waals surface area contributed by atoms with E-state index in [1.165, 1.54) is 17.4 Å². The molecule has 0 aliphatic rings. The number of para-hydroxylation sites is 1. The van der Waals surface area contributed by atoms with E-state index in [4.69, 9.17) is 5.11 Å². The van der Waals surface area contributed by atoms with Crippen molar-refractivity contribution in [2.24, 2.45) is 12.0 Å². The molecule has 0 fully saturated rings. The summed E-state index contributed by atoms with van der Waals surface area (Å²) in [7, 11) is 1.83. The van der Waals surface area contributed by atoms with Crippen LogP contribution in [0, 0.1) is 10.1 Å². The van der Waals surface area contributed by atoms with E-state index in [1.54, 1.807) is 24.4 Å². The molecule has 1 atom stereocenters. The third kappa shape index (κ3) is 2.94. The number of nitro groups is 1. The van der Waals surface area contributed by atoms with Crippen molar-refractivity contribution in [3.63, 3.8) is 0 Å². The van der Waals surface area contributed by atoms with Gasteiger partial charge in [0.05, 0.1) is 23.1 Å². The highest BCUT2D eigenvalue weighted by Gasteiger charge is 2.17. The molecule has 6 nitrogen and oxygen atoms in total. The van der Waals surface area contributed by atoms with Crippen LogP contribution in [0.25, 0.3) is 0 Å². The molecule has 2 aromatic rings. The molecule has 0 aliphatic carbocycles. The SMILES string of the molecule is CC(N=c1sc(CO)cn1C)c1ccccc1[N+](=O)[O-]. The number of aromatic nitrogens is 1. The van der Waals surface area contributed by atoms with E-state index in [0.29, 0.717) is 5.56 Å². The van der Waals surface area contributed by atoms with Gasteiger partial charge in [-0.15, -0.1) is 0 Å². The lowest BCUT2D eigenvalue weighted by Crippen LogP contribution is -2.11. The second-order valence-electron chi connectivity index (χ2n) is 4.37. The molecule has 7 heteroatoms. The number of benzene rings is 1. The first-order chi connectivity index (χ1) is 9.52. The van der Waals surface area contributed by atoms with Gasteiger partial charge in [0.25, 0.3) is 5.69 Å². The van der Waals surface area contributed by atoms with E-state index in [9.17, 15) is 10.1 Å². The molecule has 1 N–H and O–H groups in total. The average molecular weight is 293 g/mol. The molecule has 1 aromatic heterocycles. The van der Waals surface area contributed by atoms with Crippen LogP contribution in [0.4, 0.5) is 5.69 Å². The highest BCUT2D eigenvalue weighted by atomic mass is 32.1. The molecule has 0 saturated carbocycles. The Morgan fingerprint density at radius 3 is 2.80 bits per heavy atom. The van der Waals surface area contributed by atoms with Crippen molar-refractivity contribution in [3.05, 3.63) is 55.8 Å². The lowest BCUT2D eigenvalue weighted by atomic mass is 10.1. The highest BCUT2D eigenvalue weighted by Crippen LogP contribution is 2.26. The maximum Gasteiger partial charge on any atom is 0.274 e. The van der Waals surface area contributed by atoms with Crippen LogP contribution < -0.4 is 4.80 Å². The van der Waals surface area contributed by atoms with Gasteiger partial charge in [0.15, 0.2) is 4.80 Å². The zero-order chi connectivity index (χ0) is 14.7. The smallest absolute Gasteiger partial charge is 0.274 e. The first-order valence-corrected chi connectivity index (χ1v) is 6.88. The van der Waals surface area contributed by atoms with Crippen molar-refractivity contribution in [1.29, 1.82) is 0 Å². The summed E-state index contributed by atoms with van der Waals surface area (Å²) in [6, 6.07) is 6.28. The minimum Gasteiger partial charge on any atom is -0.391 e. The van der Waals surface area contributed by atoms with Crippen LogP contribution in [-0.2, 0) is 13.7 Å². The fraction of sp³-hybridized carbons (Fsp3) is 0.308. The van der Waals surface area contributed by atoms with Crippen molar-refractivity contribution < 1.29 is 10.0 Å². The topological polar surface area (TPSA) is 80.7 Å². The lowest BCUT2D eigenvalue weighted by Gasteiger charge is -2.06. The van der Waals surface area contributed by atoms with Crippen LogP contribution in [0.1, 0.15) is 23.4 Å². The number of thiazole rings is 1. The quantitative estimate of drug-likeness (QED) is 0.692. The highest BCUT2D eigenvalue weighted by molar-refractivity contribution is 7.09. The van der Waals surface area contributed by atoms with Crippen molar-refractivity contribution in [2.45, 2.75) is 19.6 Å². The van der Waals surface area contributed by atoms with E-state index < -0.39 is 4.92 Å². The van der Waals surface area contributed by atoms with Crippen molar-refractivity contribution in [2.75, 3.05) is 0 Å². The van der Waals surface area contributed by atoms with Gasteiger partial charge in [-0.1, -0.05) is 29.5 Å². The van der Waals surface area contributed by atoms with Crippen molar-refractivity contribution in [3.8, 4) is 0 Å². The monoisotopic (exact) mass is 293 g/mol. The van der Waals surface area contributed by atoms with Gasteiger partial charge in [-0.3, -0.25) is 15.1 Å². The van der Waals surface area contributed by atoms with Crippen LogP contribution in [0.2, 0.25) is 0 Å². The molecular weight excluding hydrogens is 278 g/mol. The Morgan fingerprint density at radius 1 is 1.50 bits per heavy atom. The molecule has 20 heavy (non-hydrogen) atoms. The van der Waals surface area contributed by atoms with Gasteiger partial charge < -0.3 is 9.67 Å². The number of hydrogen-bond donors (Lipinski definition) is 1. The fourth-order valence-corrected chi connectivity index (χ4v) is 2.84. The molecule has 0 saturated heterocycles. The van der Waals surface area contributed by atoms with Gasteiger partial charge in [-0.05, 0) is 6.92 Å². The molecule has 1 heterocycles. The Kier molecular flexibility index (Phi) is 4.31. The molecule has 0 spiro atoms. The van der Waals surface area contributed by atoms with E-state index in [1.807, 2.05) is 18.5 Å². The summed E-state index contributed by atoms with van der Waals surface area (Å²) >= 11 is 1.37. The molecule has 0 amide bonds. The summed E-state index contributed by atoms with van der Waals surface area (Å²) in [5.41, 5.74) is 0.654. The lowest BCUT2D eigenvalue weighted by molar-refractivity contribution is -0.385. The Balaban J connectivity index is 2.44. The summed E-state index contributed by atoms with van der Waals surface area (Å²) in [6.07, 6.45) is 1.80. The van der Waals surface area contributed by atoms with Gasteiger partial charge in [0.2, 0.25) is 0 Å². The first kappa shape index (κ1) is 14.4. The average Bonchev–Trinajstić information content (AvgIpc) is 2.79. The largest absolute Gasteiger partial charge is 0.391 e. The summed E-state index contributed by atoms with van der Waals surface area (Å²) in [5, 5.41) is 20.1. The van der Waals surface area contributed by atoms with Gasteiger partial charge in [0, 0.05) is 24.2 Å². The van der Waals surface area contributed by atoms with E-state index in [0.717, 1.165) is 9.68 Å². The second-order valence-corrected chi connectivity index (χ2v) is 5.46. The van der Waals surface area contributed by atoms with Crippen molar-refractivity contribution in [1.82, 2.24) is 4.57 Å². The molecule has 0 radical (unpaired) electrons. The van der Waals surface area contributed by atoms with Gasteiger partial charge >= 0.3 is 0 Å². The molecule has 0 aliphatic heterocycles. The predicted octanol–water partition coefficient (Wildman–Crippen LogP) is 2.15. The molecule has 0 bridgehead atoms. The zero-order valence-electron chi connectivity index (χ0n) is 11.2. The van der Waals surface area contributed by atoms with Crippen LogP contribution in [-0.4, -0.2) is 14.6 Å². The molecule has 106 valence electrons. The van der Waals surface area contributed by atoms with Gasteiger partial charge in [0.1, 0.15) is 0 Å². The van der Waals surface area contributed by atoms with E-state index in [2.05, 4.69) is 4.99 Å². The summed E-state index contributed by atoms with van der Waals surface area (Å²) in [4.78, 5) is 16.7. The number of nitrogens with zero attached hydrogens (tertiary/aromatic N) is 3. The molecule has 1 aromatic carbocycles. The van der Waals surface area contributed by atoms with Gasteiger partial charge in [-0.2, -0.15) is 0 Å². The predicted molar refractivity (Wildman–Crippen MR) is 76.3 cm³/mol. The normalized spacial score (nSPS) is 13.4. The second kappa shape index (κ2) is 5.98. The van der Waals surface area contributed by atoms with Crippen LogP contribution in [0.5, 0.6) is 0 Å². The van der Waals surface area contributed by atoms with E-state index >= 15 is 0 Å². The first-order valence-electron chi connectivity index (χ1n) is 6.06. The number of nitro benzene ring substituents is 1. The number of aliphatic hydroxyl groups excluding tert-OH is 1. The van der Waals surface area contributed by atoms with Crippen LogP contribution >= 0.6 is 11.3 Å². The van der Waals surface area contributed by atoms with Crippen molar-refractivity contribution >= 4 is 17.0 Å². The molecule has 1 unspecified atom stereocenters. The van der Waals surface area contributed by atoms with Crippen LogP contribution in [0.3, 0.4) is 0 Å². The Morgan fingerprint density at radius 2 is 2.20 bits per heavy atom. The maximum absolute atomic E-state index is 11.0. The Bertz CT molecular complexity index is 690. The van der Waals surface area contributed by atoms with Crippen LogP contribution in [0.15, 0.2) is 35.5 Å². The Hall–Kier alpha value is -1.99. The minimum atomic E-state index is -0.394. The molecular formula is C13H15N3O3S. The number of rotatable bonds is 4. The Labute approximate surface area is 119 Å². The third-order valence-electron chi connectivity index (χ3n) is 2.91. The van der Waals surface area contributed by atoms with Gasteiger partial charge in [-0.25, -0.2) is 0 Å². The van der Waals surface area contributed by atoms with E-state index in [-0.39, 0.29) is 18.3 Å². The summed E-state index contributed by atoms with van der Waals surface area (Å²) in [6.45, 7) is 1.79. The summed E-state index contributed by atoms with van der Waals surface area (Å²) in [5.74, 6) is 0.